The second-order valence-corrected chi connectivity index (χ2v) is 3.53. The van der Waals surface area contributed by atoms with E-state index in [9.17, 15) is 30.7 Å². The lowest BCUT2D eigenvalue weighted by molar-refractivity contribution is -0.354. The smallest absolute Gasteiger partial charge is 0.200 e. The fourth-order valence-corrected chi connectivity index (χ4v) is 1.31. The van der Waals surface area contributed by atoms with Gasteiger partial charge in [0, 0.05) is 16.7 Å². The van der Waals surface area contributed by atoms with Crippen molar-refractivity contribution in [3.8, 4) is 0 Å². The van der Waals surface area contributed by atoms with Gasteiger partial charge in [0.05, 0.1) is 0 Å². The molecule has 0 atom stereocenters. The van der Waals surface area contributed by atoms with E-state index in [2.05, 4.69) is 0 Å². The molecule has 8 heteroatoms. The lowest BCUT2D eigenvalue weighted by atomic mass is 10.1. The van der Waals surface area contributed by atoms with Gasteiger partial charge in [0.2, 0.25) is 0 Å². The van der Waals surface area contributed by atoms with Gasteiger partial charge < -0.3 is 0 Å². The first-order valence-electron chi connectivity index (χ1n) is 3.38. The van der Waals surface area contributed by atoms with Gasteiger partial charge in [-0.1, -0.05) is 6.04 Å². The summed E-state index contributed by atoms with van der Waals surface area (Å²) in [5.41, 5.74) is 0. The molecule has 13 heavy (non-hydrogen) atoms. The van der Waals surface area contributed by atoms with Crippen molar-refractivity contribution in [1.82, 2.24) is 0 Å². The Kier molecular flexibility index (Phi) is 3.39. The highest BCUT2D eigenvalue weighted by molar-refractivity contribution is 6.08. The van der Waals surface area contributed by atoms with Crippen molar-refractivity contribution in [3.63, 3.8) is 0 Å². The third-order valence-corrected chi connectivity index (χ3v) is 1.88. The molecule has 0 bridgehead atoms. The van der Waals surface area contributed by atoms with Gasteiger partial charge in [-0.2, -0.15) is 30.7 Å². The van der Waals surface area contributed by atoms with Gasteiger partial charge >= 0.3 is 18.0 Å². The quantitative estimate of drug-likeness (QED) is 0.512. The van der Waals surface area contributed by atoms with Crippen molar-refractivity contribution >= 4 is 10.2 Å². The highest BCUT2D eigenvalue weighted by Crippen LogP contribution is 2.48. The minimum absolute atomic E-state index is 0.160. The van der Waals surface area contributed by atoms with E-state index >= 15 is 0 Å². The average molecular weight is 228 g/mol. The fourth-order valence-electron chi connectivity index (χ4n) is 0.678. The third kappa shape index (κ3) is 2.35. The minimum atomic E-state index is -6.19. The fraction of sp³-hybridized carbons (Fsp3) is 1.00. The highest BCUT2D eigenvalue weighted by Gasteiger charge is 2.72. The molecule has 0 saturated carbocycles. The normalized spacial score (nSPS) is 15.0. The summed E-state index contributed by atoms with van der Waals surface area (Å²) in [5.74, 6) is -10.9. The molecule has 0 saturated heterocycles. The number of hydrogen-bond acceptors (Lipinski definition) is 0. The maximum Gasteiger partial charge on any atom is 0.459 e. The Bertz CT molecular complexity index is 172. The first-order valence-corrected chi connectivity index (χ1v) is 4.80. The summed E-state index contributed by atoms with van der Waals surface area (Å²) in [6.07, 6.45) is -7.61. The molecule has 0 unspecified atom stereocenters. The monoisotopic (exact) mass is 228 g/mol. The van der Waals surface area contributed by atoms with Gasteiger partial charge in [-0.15, -0.1) is 0 Å². The predicted octanol–water partition coefficient (Wildman–Crippen LogP) is 1.99. The molecule has 0 aromatic heterocycles. The van der Waals surface area contributed by atoms with E-state index in [0.717, 1.165) is 0 Å². The highest BCUT2D eigenvalue weighted by atomic mass is 28.1. The van der Waals surface area contributed by atoms with Crippen molar-refractivity contribution in [2.45, 2.75) is 30.5 Å². The maximum absolute atomic E-state index is 12.3. The number of alkyl halides is 7. The molecule has 0 radical (unpaired) electrons. The first kappa shape index (κ1) is 12.7. The molecule has 0 N–H and O–H groups in total. The molecule has 0 aromatic carbocycles. The molecule has 80 valence electrons. The zero-order chi connectivity index (χ0) is 10.9. The topological polar surface area (TPSA) is 0 Å². The Labute approximate surface area is 72.5 Å². The first-order chi connectivity index (χ1) is 5.56. The van der Waals surface area contributed by atoms with Crippen LogP contribution >= 0.6 is 0 Å². The summed E-state index contributed by atoms with van der Waals surface area (Å²) >= 11 is 0. The van der Waals surface area contributed by atoms with Gasteiger partial charge in [0.1, 0.15) is 0 Å². The predicted molar refractivity (Wildman–Crippen MR) is 35.3 cm³/mol. The van der Waals surface area contributed by atoms with Crippen LogP contribution in [0.25, 0.3) is 0 Å². The Morgan fingerprint density at radius 2 is 1.23 bits per heavy atom. The Hall–Kier alpha value is -0.273. The Morgan fingerprint density at radius 3 is 1.46 bits per heavy atom. The summed E-state index contributed by atoms with van der Waals surface area (Å²) in [4.78, 5) is 0. The van der Waals surface area contributed by atoms with Crippen LogP contribution in [0.2, 0.25) is 6.04 Å². The zero-order valence-corrected chi connectivity index (χ0v) is 8.56. The van der Waals surface area contributed by atoms with Gasteiger partial charge in [-0.3, -0.25) is 0 Å². The number of halogens is 7. The number of rotatable bonds is 3. The molecule has 0 heterocycles. The lowest BCUT2D eigenvalue weighted by Gasteiger charge is -2.27. The van der Waals surface area contributed by atoms with E-state index in [1.54, 1.807) is 0 Å². The summed E-state index contributed by atoms with van der Waals surface area (Å²) in [6.45, 7) is 0. The molecule has 0 aliphatic carbocycles. The van der Waals surface area contributed by atoms with E-state index in [4.69, 9.17) is 0 Å². The second kappa shape index (κ2) is 3.47. The molecule has 0 spiro atoms. The van der Waals surface area contributed by atoms with Crippen LogP contribution < -0.4 is 0 Å². The Balaban J connectivity index is 4.81. The second-order valence-electron chi connectivity index (χ2n) is 2.53. The molecule has 0 amide bonds. The molecule has 0 aliphatic heterocycles. The van der Waals surface area contributed by atoms with Crippen LogP contribution in [-0.2, 0) is 0 Å². The van der Waals surface area contributed by atoms with Crippen LogP contribution in [0, 0.1) is 0 Å². The largest absolute Gasteiger partial charge is 0.459 e. The van der Waals surface area contributed by atoms with Gasteiger partial charge in [-0.25, -0.2) is 0 Å². The molecule has 0 aromatic rings. The van der Waals surface area contributed by atoms with Gasteiger partial charge in [0.25, 0.3) is 0 Å². The van der Waals surface area contributed by atoms with Gasteiger partial charge in [-0.05, 0) is 0 Å². The van der Waals surface area contributed by atoms with Crippen LogP contribution in [0.15, 0.2) is 0 Å². The van der Waals surface area contributed by atoms with Crippen molar-refractivity contribution in [3.05, 3.63) is 0 Å². The Morgan fingerprint density at radius 1 is 0.846 bits per heavy atom. The summed E-state index contributed by atoms with van der Waals surface area (Å²) in [7, 11) is 0.160. The summed E-state index contributed by atoms with van der Waals surface area (Å²) in [6, 6.07) is -0.307. The van der Waals surface area contributed by atoms with Crippen LogP contribution in [0.3, 0.4) is 0 Å². The molecular formula is C5H7F7Si. The van der Waals surface area contributed by atoms with Crippen molar-refractivity contribution < 1.29 is 30.7 Å². The van der Waals surface area contributed by atoms with Crippen LogP contribution in [0.4, 0.5) is 30.7 Å². The lowest BCUT2D eigenvalue weighted by Crippen LogP contribution is -2.51. The van der Waals surface area contributed by atoms with Crippen LogP contribution in [0.5, 0.6) is 0 Å². The van der Waals surface area contributed by atoms with Gasteiger partial charge in [0.15, 0.2) is 0 Å². The van der Waals surface area contributed by atoms with Crippen molar-refractivity contribution in [2.75, 3.05) is 0 Å². The number of hydrogen-bond donors (Lipinski definition) is 0. The minimum Gasteiger partial charge on any atom is -0.200 e. The molecule has 0 aliphatic rings. The van der Waals surface area contributed by atoms with Crippen LogP contribution in [0.1, 0.15) is 6.42 Å². The average Bonchev–Trinajstić information content (AvgIpc) is 1.84. The van der Waals surface area contributed by atoms with Crippen LogP contribution in [-0.4, -0.2) is 28.3 Å². The third-order valence-electron chi connectivity index (χ3n) is 1.38. The summed E-state index contributed by atoms with van der Waals surface area (Å²) in [5, 5.41) is 0. The van der Waals surface area contributed by atoms with E-state index in [1.807, 2.05) is 0 Å². The van der Waals surface area contributed by atoms with E-state index in [0.29, 0.717) is 0 Å². The van der Waals surface area contributed by atoms with E-state index < -0.39 is 24.4 Å². The van der Waals surface area contributed by atoms with Crippen molar-refractivity contribution in [1.29, 1.82) is 0 Å². The molecule has 0 fully saturated rings. The standard InChI is InChI=1S/C5H7F7Si/c6-3(7,1-2-13)4(8,9)5(10,11)12/h1-2H2,13H3. The van der Waals surface area contributed by atoms with Crippen molar-refractivity contribution in [2.24, 2.45) is 0 Å². The molecular weight excluding hydrogens is 221 g/mol. The maximum atomic E-state index is 12.3. The molecule has 0 rings (SSSR count). The SMILES string of the molecule is FC(F)(F)C(F)(F)C(F)(F)CC[SiH3]. The van der Waals surface area contributed by atoms with E-state index in [-0.39, 0.29) is 16.3 Å². The zero-order valence-electron chi connectivity index (χ0n) is 6.56. The van der Waals surface area contributed by atoms with E-state index in [1.165, 1.54) is 0 Å². The summed E-state index contributed by atoms with van der Waals surface area (Å²) < 4.78 is 82.9. The molecule has 0 nitrogen and oxygen atoms in total.